The lowest BCUT2D eigenvalue weighted by atomic mass is 10.1. The molecule has 0 bridgehead atoms. The van der Waals surface area contributed by atoms with E-state index in [1.54, 1.807) is 0 Å². The van der Waals surface area contributed by atoms with Gasteiger partial charge < -0.3 is 10.6 Å². The first-order valence-corrected chi connectivity index (χ1v) is 7.31. The van der Waals surface area contributed by atoms with Crippen LogP contribution in [0.4, 0.5) is 5.69 Å². The molecule has 2 rings (SSSR count). The van der Waals surface area contributed by atoms with Crippen molar-refractivity contribution in [3.63, 3.8) is 0 Å². The number of halogens is 1. The Morgan fingerprint density at radius 3 is 3.00 bits per heavy atom. The molecule has 2 nitrogen and oxygen atoms in total. The van der Waals surface area contributed by atoms with Gasteiger partial charge in [-0.25, -0.2) is 0 Å². The van der Waals surface area contributed by atoms with E-state index < -0.39 is 0 Å². The number of nitrogens with zero attached hydrogens (tertiary/aromatic N) is 1. The highest BCUT2D eigenvalue weighted by Crippen LogP contribution is 2.41. The topological polar surface area (TPSA) is 29.3 Å². The van der Waals surface area contributed by atoms with Crippen molar-refractivity contribution in [1.82, 2.24) is 0 Å². The van der Waals surface area contributed by atoms with Crippen molar-refractivity contribution >= 4 is 33.4 Å². The Hall–Kier alpha value is -0.190. The lowest BCUT2D eigenvalue weighted by molar-refractivity contribution is 0.650. The number of rotatable bonds is 2. The summed E-state index contributed by atoms with van der Waals surface area (Å²) in [6, 6.07) is 4.85. The lowest BCUT2D eigenvalue weighted by Gasteiger charge is -2.36. The molecule has 1 aromatic rings. The van der Waals surface area contributed by atoms with Gasteiger partial charge in [-0.3, -0.25) is 0 Å². The molecule has 0 amide bonds. The molecule has 0 spiro atoms. The summed E-state index contributed by atoms with van der Waals surface area (Å²) in [7, 11) is 0. The molecule has 1 aromatic carbocycles. The monoisotopic (exact) mass is 300 g/mol. The lowest BCUT2D eigenvalue weighted by Crippen LogP contribution is -2.41. The Morgan fingerprint density at radius 1 is 1.56 bits per heavy atom. The largest absolute Gasteiger partial charge is 0.365 e. The summed E-state index contributed by atoms with van der Waals surface area (Å²) in [6.07, 6.45) is 0. The SMILES string of the molecule is Cc1cc(Br)c2c(c1)SCCN2C(C)CN. The van der Waals surface area contributed by atoms with E-state index in [4.69, 9.17) is 5.73 Å². The Kier molecular flexibility index (Phi) is 3.82. The molecule has 2 N–H and O–H groups in total. The zero-order valence-electron chi connectivity index (χ0n) is 9.66. The Morgan fingerprint density at radius 2 is 2.31 bits per heavy atom. The maximum absolute atomic E-state index is 5.78. The van der Waals surface area contributed by atoms with Crippen LogP contribution < -0.4 is 10.6 Å². The van der Waals surface area contributed by atoms with E-state index in [0.717, 1.165) is 12.3 Å². The Labute approximate surface area is 110 Å². The van der Waals surface area contributed by atoms with E-state index in [0.29, 0.717) is 12.6 Å². The summed E-state index contributed by atoms with van der Waals surface area (Å²) < 4.78 is 1.19. The summed E-state index contributed by atoms with van der Waals surface area (Å²) in [6.45, 7) is 6.10. The molecular formula is C12H17BrN2S. The molecule has 88 valence electrons. The van der Waals surface area contributed by atoms with Crippen LogP contribution in [0, 0.1) is 6.92 Å². The van der Waals surface area contributed by atoms with Crippen molar-refractivity contribution in [3.05, 3.63) is 22.2 Å². The second kappa shape index (κ2) is 4.98. The van der Waals surface area contributed by atoms with E-state index in [1.807, 2.05) is 11.8 Å². The van der Waals surface area contributed by atoms with Crippen LogP contribution in [0.3, 0.4) is 0 Å². The van der Waals surface area contributed by atoms with Crippen molar-refractivity contribution in [3.8, 4) is 0 Å². The molecule has 0 aliphatic carbocycles. The average Bonchev–Trinajstić information content (AvgIpc) is 2.26. The highest BCUT2D eigenvalue weighted by Gasteiger charge is 2.23. The smallest absolute Gasteiger partial charge is 0.0652 e. The average molecular weight is 301 g/mol. The number of aryl methyl sites for hydroxylation is 1. The van der Waals surface area contributed by atoms with Gasteiger partial charge in [-0.2, -0.15) is 0 Å². The van der Waals surface area contributed by atoms with Crippen LogP contribution >= 0.6 is 27.7 Å². The summed E-state index contributed by atoms with van der Waals surface area (Å²) >= 11 is 5.61. The predicted molar refractivity (Wildman–Crippen MR) is 75.5 cm³/mol. The number of hydrogen-bond donors (Lipinski definition) is 1. The summed E-state index contributed by atoms with van der Waals surface area (Å²) in [5.41, 5.74) is 8.40. The fourth-order valence-corrected chi connectivity index (χ4v) is 4.10. The van der Waals surface area contributed by atoms with Gasteiger partial charge in [0.05, 0.1) is 5.69 Å². The van der Waals surface area contributed by atoms with Gasteiger partial charge in [0, 0.05) is 34.3 Å². The Balaban J connectivity index is 2.45. The van der Waals surface area contributed by atoms with Crippen LogP contribution in [0.15, 0.2) is 21.5 Å². The highest BCUT2D eigenvalue weighted by atomic mass is 79.9. The molecule has 0 aromatic heterocycles. The van der Waals surface area contributed by atoms with Gasteiger partial charge in [0.2, 0.25) is 0 Å². The Bertz CT molecular complexity index is 395. The van der Waals surface area contributed by atoms with E-state index in [9.17, 15) is 0 Å². The molecule has 0 radical (unpaired) electrons. The van der Waals surface area contributed by atoms with Gasteiger partial charge in [-0.1, -0.05) is 0 Å². The zero-order valence-corrected chi connectivity index (χ0v) is 12.1. The van der Waals surface area contributed by atoms with Crippen LogP contribution in [0.1, 0.15) is 12.5 Å². The molecule has 4 heteroatoms. The van der Waals surface area contributed by atoms with Crippen LogP contribution in [-0.4, -0.2) is 24.9 Å². The molecule has 0 fully saturated rings. The summed E-state index contributed by atoms with van der Waals surface area (Å²) in [4.78, 5) is 3.79. The van der Waals surface area contributed by atoms with Gasteiger partial charge in [0.1, 0.15) is 0 Å². The van der Waals surface area contributed by atoms with Crippen molar-refractivity contribution in [1.29, 1.82) is 0 Å². The van der Waals surface area contributed by atoms with Crippen LogP contribution in [0.5, 0.6) is 0 Å². The molecule has 1 unspecified atom stereocenters. The third kappa shape index (κ3) is 2.24. The first-order chi connectivity index (χ1) is 7.63. The zero-order chi connectivity index (χ0) is 11.7. The number of anilines is 1. The summed E-state index contributed by atoms with van der Waals surface area (Å²) in [5.74, 6) is 1.15. The number of fused-ring (bicyclic) bond motifs is 1. The van der Waals surface area contributed by atoms with Crippen molar-refractivity contribution in [2.45, 2.75) is 24.8 Å². The van der Waals surface area contributed by atoms with Gasteiger partial charge in [0.25, 0.3) is 0 Å². The fourth-order valence-electron chi connectivity index (χ4n) is 2.03. The molecule has 1 aliphatic heterocycles. The maximum Gasteiger partial charge on any atom is 0.0652 e. The summed E-state index contributed by atoms with van der Waals surface area (Å²) in [5, 5.41) is 0. The van der Waals surface area contributed by atoms with E-state index >= 15 is 0 Å². The predicted octanol–water partition coefficient (Wildman–Crippen LogP) is 3.02. The van der Waals surface area contributed by atoms with E-state index in [1.165, 1.54) is 20.6 Å². The molecule has 1 aliphatic rings. The quantitative estimate of drug-likeness (QED) is 0.910. The first-order valence-electron chi connectivity index (χ1n) is 5.53. The molecular weight excluding hydrogens is 284 g/mol. The number of hydrogen-bond acceptors (Lipinski definition) is 3. The number of nitrogens with two attached hydrogens (primary N) is 1. The van der Waals surface area contributed by atoms with Gasteiger partial charge in [-0.05, 0) is 47.5 Å². The van der Waals surface area contributed by atoms with Crippen LogP contribution in [0.2, 0.25) is 0 Å². The molecule has 16 heavy (non-hydrogen) atoms. The van der Waals surface area contributed by atoms with Crippen molar-refractivity contribution in [2.75, 3.05) is 23.7 Å². The highest BCUT2D eigenvalue weighted by molar-refractivity contribution is 9.10. The van der Waals surface area contributed by atoms with Crippen LogP contribution in [-0.2, 0) is 0 Å². The third-order valence-corrected chi connectivity index (χ3v) is 4.54. The maximum atomic E-state index is 5.78. The minimum atomic E-state index is 0.402. The van der Waals surface area contributed by atoms with Crippen LogP contribution in [0.25, 0.3) is 0 Å². The second-order valence-electron chi connectivity index (χ2n) is 4.22. The minimum absolute atomic E-state index is 0.402. The molecule has 1 atom stereocenters. The standard InChI is InChI=1S/C12H17BrN2S/c1-8-5-10(13)12-11(6-8)16-4-3-15(12)9(2)7-14/h5-6,9H,3-4,7,14H2,1-2H3. The van der Waals surface area contributed by atoms with E-state index in [-0.39, 0.29) is 0 Å². The van der Waals surface area contributed by atoms with Gasteiger partial charge >= 0.3 is 0 Å². The minimum Gasteiger partial charge on any atom is -0.365 e. The first kappa shape index (κ1) is 12.3. The van der Waals surface area contributed by atoms with E-state index in [2.05, 4.69) is 46.8 Å². The van der Waals surface area contributed by atoms with Gasteiger partial charge in [0.15, 0.2) is 0 Å². The molecule has 1 heterocycles. The van der Waals surface area contributed by atoms with Crippen molar-refractivity contribution in [2.24, 2.45) is 5.73 Å². The number of benzene rings is 1. The fraction of sp³-hybridized carbons (Fsp3) is 0.500. The third-order valence-electron chi connectivity index (χ3n) is 2.92. The normalized spacial score (nSPS) is 17.1. The number of thioether (sulfide) groups is 1. The second-order valence-corrected chi connectivity index (χ2v) is 6.21. The van der Waals surface area contributed by atoms with Crippen molar-refractivity contribution < 1.29 is 0 Å². The molecule has 0 saturated carbocycles. The van der Waals surface area contributed by atoms with Gasteiger partial charge in [-0.15, -0.1) is 11.8 Å². The molecule has 0 saturated heterocycles.